The monoisotopic (exact) mass is 2340 g/mol. The van der Waals surface area contributed by atoms with Gasteiger partial charge in [0.2, 0.25) is 11.7 Å². The fraction of sp³-hybridized carbons (Fsp3) is 0.386. The molecule has 51 heteroatoms. The Bertz CT molecular complexity index is 5390. The Morgan fingerprint density at radius 1 is 0.432 bits per heavy atom. The number of aliphatic hydroxyl groups is 1. The molecule has 3 aliphatic heterocycles. The number of pyridine rings is 6. The molecule has 14 rings (SSSR count). The topological polar surface area (TPSA) is 419 Å². The number of nitrogens with two attached hydrogens (primary N) is 1. The molecule has 0 amide bonds. The molecule has 0 spiro atoms. The van der Waals surface area contributed by atoms with Gasteiger partial charge in [-0.05, 0) is 235 Å². The summed E-state index contributed by atoms with van der Waals surface area (Å²) in [7, 11) is -1.50. The second-order valence-electron chi connectivity index (χ2n) is 30.0. The van der Waals surface area contributed by atoms with Crippen molar-refractivity contribution in [2.75, 3.05) is 17.3 Å². The average Bonchev–Trinajstić information content (AvgIpc) is 1.59. The number of Topliss-reactive ketones (excluding diaryl/α,β-unsaturated/α-hetero) is 1. The zero-order valence-electron chi connectivity index (χ0n) is 73.3. The predicted molar refractivity (Wildman–Crippen MR) is 545 cm³/mol. The summed E-state index contributed by atoms with van der Waals surface area (Å²) in [5.74, 6) is 0.618. The van der Waals surface area contributed by atoms with E-state index in [0.717, 1.165) is 11.6 Å². The third kappa shape index (κ3) is 45.2. The van der Waals surface area contributed by atoms with Crippen molar-refractivity contribution in [1.29, 1.82) is 11.1 Å². The Morgan fingerprint density at radius 2 is 0.748 bits per heavy atom. The molecule has 0 aliphatic carbocycles. The zero-order chi connectivity index (χ0) is 99.1. The molecule has 0 saturated carbocycles. The fourth-order valence-corrected chi connectivity index (χ4v) is 10.3. The van der Waals surface area contributed by atoms with Crippen molar-refractivity contribution in [1.82, 2.24) is 69.8 Å². The third-order valence-electron chi connectivity index (χ3n) is 18.7. The van der Waals surface area contributed by atoms with Crippen LogP contribution in [0.2, 0.25) is 10.3 Å². The van der Waals surface area contributed by atoms with Crippen LogP contribution in [0.5, 0.6) is 0 Å². The third-order valence-corrected chi connectivity index (χ3v) is 21.6. The Balaban J connectivity index is -0.000000359. The molecule has 139 heavy (non-hydrogen) atoms. The number of hydrazine groups is 1. The van der Waals surface area contributed by atoms with E-state index in [0.29, 0.717) is 91.7 Å². The molecule has 3 saturated heterocycles. The van der Waals surface area contributed by atoms with Crippen LogP contribution in [0.4, 0.5) is 59.9 Å². The summed E-state index contributed by atoms with van der Waals surface area (Å²) in [5.41, 5.74) is 16.5. The van der Waals surface area contributed by atoms with E-state index in [1.807, 2.05) is 129 Å². The number of alkyl halides is 6. The second kappa shape index (κ2) is 62.7. The summed E-state index contributed by atoms with van der Waals surface area (Å²) in [4.78, 5) is 67.3. The van der Waals surface area contributed by atoms with Crippen molar-refractivity contribution in [3.05, 3.63) is 252 Å². The van der Waals surface area contributed by atoms with Crippen molar-refractivity contribution >= 4 is 164 Å². The van der Waals surface area contributed by atoms with Gasteiger partial charge in [0.15, 0.2) is 11.6 Å². The largest absolute Gasteiger partial charge is 0.496 e. The number of carbonyl (C=O) groups is 2. The van der Waals surface area contributed by atoms with Crippen LogP contribution in [0.3, 0.4) is 0 Å². The number of carbonyl (C=O) groups excluding carboxylic acids is 2. The van der Waals surface area contributed by atoms with Crippen molar-refractivity contribution in [3.8, 4) is 33.8 Å². The van der Waals surface area contributed by atoms with Crippen molar-refractivity contribution in [2.45, 2.75) is 220 Å². The lowest BCUT2D eigenvalue weighted by Gasteiger charge is -2.32. The Labute approximate surface area is 864 Å². The Kier molecular flexibility index (Phi) is 62.6. The number of benzene rings is 1. The highest BCUT2D eigenvalue weighted by Crippen LogP contribution is 2.44. The lowest BCUT2D eigenvalue weighted by Crippen LogP contribution is -2.41. The van der Waals surface area contributed by atoms with Gasteiger partial charge in [-0.25, -0.2) is 73.2 Å². The van der Waals surface area contributed by atoms with Gasteiger partial charge >= 0.3 is 36.0 Å². The summed E-state index contributed by atoms with van der Waals surface area (Å²) in [6.07, 6.45) is 20.4. The van der Waals surface area contributed by atoms with E-state index in [1.54, 1.807) is 74.6 Å². The molecule has 29 nitrogen and oxygen atoms in total. The lowest BCUT2D eigenvalue weighted by atomic mass is 9.49. The number of aryl methyl sites for hydroxylation is 5. The number of hydrogen-bond acceptors (Lipinski definition) is 28. The van der Waals surface area contributed by atoms with Crippen LogP contribution in [-0.4, -0.2) is 162 Å². The van der Waals surface area contributed by atoms with Gasteiger partial charge in [-0.15, -0.1) is 0 Å². The molecule has 3 aliphatic rings. The zero-order valence-corrected chi connectivity index (χ0v) is 83.5. The van der Waals surface area contributed by atoms with E-state index in [-0.39, 0.29) is 123 Å². The smallest absolute Gasteiger partial charge is 0.412 e. The maximum atomic E-state index is 13.4. The molecule has 13 heterocycles. The summed E-state index contributed by atoms with van der Waals surface area (Å²) < 4.78 is 175. The summed E-state index contributed by atoms with van der Waals surface area (Å²) in [6.45, 7) is 31.6. The fourth-order valence-electron chi connectivity index (χ4n) is 9.18. The first-order valence-electron chi connectivity index (χ1n) is 37.8. The van der Waals surface area contributed by atoms with Crippen LogP contribution in [0.25, 0.3) is 33.8 Å². The molecule has 0 atom stereocenters. The number of nitrogens with one attached hydrogen (secondary N) is 4. The molecule has 0 unspecified atom stereocenters. The highest BCUT2D eigenvalue weighted by Gasteiger charge is 2.64. The van der Waals surface area contributed by atoms with Gasteiger partial charge in [-0.3, -0.25) is 49.5 Å². The molecule has 0 radical (unpaired) electrons. The molecule has 11 aromatic rings. The standard InChI is InChI=1S/C13H10BrF3N4O.C12H24B2O4.C12H17BFNO2.C10H7ClFN3.C10H10FN5.C7H8O.C6H5BrFN.C5H2BrF2N.C4H2BrClN2.C2BrClF2O.7CH4.H2N2.H2O.H2/c1-7-9(15)2-8(3-18-7)10-4-20-12(6-19-10)21-5-11(22)13(14,16)17;1-9(2)10(3,4)16-13(15-9)14-17-11(5,6)12(7,8)18-14;1-8-10(14)6-9(7-15-8)13-16-11(2,3)12(4,5)17-13;1-6-8(12)2-7(3-13-6)9-4-15-10(11)5-14-9;1-6-8(11)2-7(3-13-6)9-4-15-10(16-12)5-14-9;8-6-7-4-2-1-3-5-7;1-4-6(8)2-5(7)3-9-4;6-3-1-4(7)5(8)9-2-3;5-3-1-8-4(6)2-7-3;3-2(5,6)1(4)7;;;;;;;;1-2;;/h2-4,6H,5H2,1H3,(H,20,21);1-8H3;6-7H,1-5H3;2-5H,1H3;2-5H,12H2,1H3,(H,15,16);1-5,8H,6H2;2-3H,1H3;1-2H;1-2H;;7*1H4;1-2H;1H2;1H. The number of aromatic nitrogens is 14. The maximum absolute atomic E-state index is 13.4. The van der Waals surface area contributed by atoms with Gasteiger partial charge < -0.3 is 49.3 Å². The number of halogens is 19. The molecule has 768 valence electrons. The van der Waals surface area contributed by atoms with E-state index >= 15 is 0 Å². The number of nitrogen functional groups attached to an aromatic ring is 1. The van der Waals surface area contributed by atoms with Gasteiger partial charge in [0.25, 0.3) is 0 Å². The number of ketones is 1. The predicted octanol–water partition coefficient (Wildman–Crippen LogP) is 24.6. The molecule has 0 bridgehead atoms. The first-order valence-corrected chi connectivity index (χ1v) is 42.9. The van der Waals surface area contributed by atoms with Gasteiger partial charge in [-0.1, -0.05) is 106 Å². The van der Waals surface area contributed by atoms with Gasteiger partial charge in [0, 0.05) is 85.6 Å². The minimum Gasteiger partial charge on any atom is -0.412 e. The number of anilines is 2. The van der Waals surface area contributed by atoms with E-state index in [4.69, 9.17) is 73.1 Å². The number of nitrogens with zero attached hydrogens (tertiary/aromatic N) is 14. The van der Waals surface area contributed by atoms with Crippen molar-refractivity contribution in [2.24, 2.45) is 5.84 Å². The Morgan fingerprint density at radius 3 is 1.02 bits per heavy atom. The van der Waals surface area contributed by atoms with Crippen LogP contribution >= 0.6 is 114 Å². The number of hydrogen-bond donors (Lipinski definition) is 6. The lowest BCUT2D eigenvalue weighted by molar-refractivity contribution is -0.130. The highest BCUT2D eigenvalue weighted by atomic mass is 79.9. The van der Waals surface area contributed by atoms with E-state index in [9.17, 15) is 57.9 Å². The molecule has 10 aromatic heterocycles. The highest BCUT2D eigenvalue weighted by molar-refractivity contribution is 9.11. The van der Waals surface area contributed by atoms with E-state index in [1.165, 1.54) is 93.0 Å². The van der Waals surface area contributed by atoms with E-state index < -0.39 is 77.2 Å². The van der Waals surface area contributed by atoms with E-state index in [2.05, 4.69) is 140 Å². The quantitative estimate of drug-likeness (QED) is 0.00967. The summed E-state index contributed by atoms with van der Waals surface area (Å²) in [6, 6.07) is 17.4. The normalized spacial score (nSPS) is 13.8. The molecular weight excluding hydrogens is 2230 g/mol. The first kappa shape index (κ1) is 139. The first-order chi connectivity index (χ1) is 60.8. The van der Waals surface area contributed by atoms with Crippen LogP contribution in [0.1, 0.15) is 171 Å². The minimum absolute atomic E-state index is 0. The molecular formula is C88H119B3Br5Cl3F11N19O10. The SMILES string of the molecule is C.C.C.C.C.C.C.CC1(C)OB(B2OC(C)(C)C(C)(C)O2)OC1(C)C.Cc1ncc(-c2cnc(Cl)cn2)cc1F.Cc1ncc(-c2cnc(NCC(=O)C(F)(F)Br)cn2)cc1F.Cc1ncc(-c2cnc(NN)cn2)cc1F.Cc1ncc(B2OC(C)(C)C(C)(C)O2)cc1F.Cc1ncc(Br)cc1F.Clc1cnc(Br)cn1.Fc1cc(Br)cnc1F.N=N.O.O=C(Cl)C(F)(F)Br.OCc1ccccc1.[HH]. The molecule has 1 aromatic carbocycles. The van der Waals surface area contributed by atoms with Crippen LogP contribution < -0.4 is 22.0 Å². The van der Waals surface area contributed by atoms with Crippen molar-refractivity contribution < 1.29 is 97.8 Å². The summed E-state index contributed by atoms with van der Waals surface area (Å²) >= 11 is 28.2. The summed E-state index contributed by atoms with van der Waals surface area (Å²) in [5, 5.41) is 9.98. The van der Waals surface area contributed by atoms with Crippen LogP contribution in [0, 0.1) is 86.5 Å². The van der Waals surface area contributed by atoms with Gasteiger partial charge in [0.05, 0.1) is 142 Å². The number of aliphatic hydroxyl groups excluding tert-OH is 1. The van der Waals surface area contributed by atoms with Crippen LogP contribution in [-0.2, 0) is 44.1 Å². The Hall–Kier alpha value is -8.69. The molecule has 9 N–H and O–H groups in total. The second-order valence-corrected chi connectivity index (χ2v) is 35.7. The van der Waals surface area contributed by atoms with Gasteiger partial charge in [-0.2, -0.15) is 22.0 Å². The maximum Gasteiger partial charge on any atom is 0.496 e. The van der Waals surface area contributed by atoms with Gasteiger partial charge in [0.1, 0.15) is 49.8 Å². The molecule has 3 fully saturated rings. The minimum atomic E-state index is -3.58. The van der Waals surface area contributed by atoms with Crippen molar-refractivity contribution in [3.63, 3.8) is 0 Å². The number of rotatable bonds is 12. The average molecular weight is 2350 g/mol. The van der Waals surface area contributed by atoms with Crippen LogP contribution in [0.15, 0.2) is 167 Å².